The van der Waals surface area contributed by atoms with Crippen LogP contribution >= 0.6 is 15.6 Å². The van der Waals surface area contributed by atoms with E-state index < -0.39 is 97.5 Å². The fraction of sp³-hybridized carbons (Fsp3) is 0.899. The second-order valence-electron chi connectivity index (χ2n) is 28.5. The summed E-state index contributed by atoms with van der Waals surface area (Å²) >= 11 is 0. The Morgan fingerprint density at radius 2 is 0.602 bits per heavy atom. The first kappa shape index (κ1) is 95.5. The minimum Gasteiger partial charge on any atom is -0.462 e. The van der Waals surface area contributed by atoms with Gasteiger partial charge in [0.1, 0.15) is 19.3 Å². The van der Waals surface area contributed by atoms with Gasteiger partial charge in [-0.2, -0.15) is 0 Å². The highest BCUT2D eigenvalue weighted by molar-refractivity contribution is 7.47. The molecule has 0 fully saturated rings. The number of aliphatic hydroxyl groups excluding tert-OH is 1. The Hall–Kier alpha value is -2.46. The average molecular weight is 1430 g/mol. The van der Waals surface area contributed by atoms with Crippen LogP contribution in [0.4, 0.5) is 0 Å². The van der Waals surface area contributed by atoms with Crippen LogP contribution in [0, 0.1) is 11.8 Å². The number of phosphoric ester groups is 2. The van der Waals surface area contributed by atoms with Gasteiger partial charge in [0.05, 0.1) is 26.4 Å². The van der Waals surface area contributed by atoms with E-state index in [0.717, 1.165) is 121 Å². The van der Waals surface area contributed by atoms with Gasteiger partial charge in [-0.1, -0.05) is 336 Å². The van der Waals surface area contributed by atoms with Gasteiger partial charge in [-0.25, -0.2) is 9.13 Å². The average Bonchev–Trinajstić information content (AvgIpc) is 2.78. The maximum atomic E-state index is 13.1. The molecule has 0 saturated carbocycles. The summed E-state index contributed by atoms with van der Waals surface area (Å²) in [5, 5.41) is 10.6. The number of carbonyl (C=O) groups excluding carboxylic acids is 4. The molecule has 0 aliphatic heterocycles. The summed E-state index contributed by atoms with van der Waals surface area (Å²) in [6, 6.07) is 0. The Bertz CT molecular complexity index is 1990. The molecule has 0 aromatic carbocycles. The predicted molar refractivity (Wildman–Crippen MR) is 400 cm³/mol. The van der Waals surface area contributed by atoms with E-state index in [9.17, 15) is 43.2 Å². The van der Waals surface area contributed by atoms with Crippen LogP contribution in [-0.2, 0) is 65.4 Å². The van der Waals surface area contributed by atoms with Gasteiger partial charge in [0, 0.05) is 25.7 Å². The predicted octanol–water partition coefficient (Wildman–Crippen LogP) is 23.1. The Kier molecular flexibility index (Phi) is 68.5. The standard InChI is InChI=1S/C79H150O17P2/c1-7-10-12-14-16-18-20-22-24-25-27-29-33-37-45-51-57-63-78(83)95-74(67-89-76(81)61-55-49-43-36-32-28-26-23-21-19-17-15-13-11-8-2)69-93-97(85,86)91-65-73(80)66-92-98(87,88)94-70-75(68-90-77(82)62-56-50-44-40-39-42-48-54-60-72(6)9-3)96-79(84)64-58-52-46-38-34-30-31-35-41-47-53-59-71(4)5/h19,21,23,26,71-75,80H,7-18,20,22,24-25,27-70H2,1-6H3,(H,85,86)(H,87,88)/b21-19-,26-23-/t72?,73-,74-,75-/m1/s1. The molecule has 578 valence electrons. The molecule has 98 heavy (non-hydrogen) atoms. The number of aliphatic hydroxyl groups is 1. The lowest BCUT2D eigenvalue weighted by Gasteiger charge is -2.21. The molecule has 3 unspecified atom stereocenters. The number of rotatable bonds is 76. The normalized spacial score (nSPS) is 14.4. The van der Waals surface area contributed by atoms with Crippen molar-refractivity contribution in [2.75, 3.05) is 39.6 Å². The topological polar surface area (TPSA) is 237 Å². The number of hydrogen-bond donors (Lipinski definition) is 3. The van der Waals surface area contributed by atoms with Crippen molar-refractivity contribution in [3.8, 4) is 0 Å². The molecule has 0 aromatic heterocycles. The van der Waals surface area contributed by atoms with Crippen molar-refractivity contribution in [1.82, 2.24) is 0 Å². The van der Waals surface area contributed by atoms with Crippen molar-refractivity contribution < 1.29 is 80.2 Å². The van der Waals surface area contributed by atoms with Crippen molar-refractivity contribution in [2.24, 2.45) is 11.8 Å². The van der Waals surface area contributed by atoms with Crippen molar-refractivity contribution in [1.29, 1.82) is 0 Å². The minimum atomic E-state index is -4.97. The van der Waals surface area contributed by atoms with Gasteiger partial charge in [-0.3, -0.25) is 37.3 Å². The van der Waals surface area contributed by atoms with Crippen LogP contribution in [0.2, 0.25) is 0 Å². The highest BCUT2D eigenvalue weighted by Crippen LogP contribution is 2.45. The number of carbonyl (C=O) groups is 4. The quantitative estimate of drug-likeness (QED) is 0.0169. The zero-order valence-corrected chi connectivity index (χ0v) is 65.4. The molecular formula is C79H150O17P2. The summed E-state index contributed by atoms with van der Waals surface area (Å²) in [6.07, 6.45) is 61.7. The molecule has 17 nitrogen and oxygen atoms in total. The largest absolute Gasteiger partial charge is 0.472 e. The van der Waals surface area contributed by atoms with E-state index >= 15 is 0 Å². The Balaban J connectivity index is 5.30. The zero-order valence-electron chi connectivity index (χ0n) is 63.6. The van der Waals surface area contributed by atoms with E-state index in [1.54, 1.807) is 0 Å². The molecular weight excluding hydrogens is 1280 g/mol. The third-order valence-electron chi connectivity index (χ3n) is 18.2. The van der Waals surface area contributed by atoms with Crippen LogP contribution in [0.3, 0.4) is 0 Å². The SMILES string of the molecule is CCCCCC/C=C\C=C/CCCCCCCC(=O)OC[C@H](COP(=O)(O)OC[C@@H](O)COP(=O)(O)OC[C@@H](COC(=O)CCCCCCCCCCC(C)CC)OC(=O)CCCCCCCCCCCCCC(C)C)OC(=O)CCCCCCCCCCCCCCCCCCC. The monoisotopic (exact) mass is 1430 g/mol. The molecule has 0 heterocycles. The third kappa shape index (κ3) is 70.6. The van der Waals surface area contributed by atoms with Gasteiger partial charge in [-0.15, -0.1) is 0 Å². The first-order valence-electron chi connectivity index (χ1n) is 40.3. The summed E-state index contributed by atoms with van der Waals surface area (Å²) in [5.41, 5.74) is 0. The van der Waals surface area contributed by atoms with Gasteiger partial charge in [0.25, 0.3) is 0 Å². The number of allylic oxidation sites excluding steroid dienone is 4. The summed E-state index contributed by atoms with van der Waals surface area (Å²) in [4.78, 5) is 73.0. The van der Waals surface area contributed by atoms with Gasteiger partial charge in [0.2, 0.25) is 0 Å². The third-order valence-corrected chi connectivity index (χ3v) is 20.1. The van der Waals surface area contributed by atoms with E-state index in [4.69, 9.17) is 37.0 Å². The highest BCUT2D eigenvalue weighted by atomic mass is 31.2. The van der Waals surface area contributed by atoms with Gasteiger partial charge < -0.3 is 33.8 Å². The molecule has 0 aliphatic carbocycles. The van der Waals surface area contributed by atoms with Crippen molar-refractivity contribution >= 4 is 39.5 Å². The Morgan fingerprint density at radius 1 is 0.337 bits per heavy atom. The summed E-state index contributed by atoms with van der Waals surface area (Å²) in [7, 11) is -9.93. The number of esters is 4. The maximum Gasteiger partial charge on any atom is 0.472 e. The van der Waals surface area contributed by atoms with Crippen LogP contribution < -0.4 is 0 Å². The number of ether oxygens (including phenoxy) is 4. The molecule has 0 radical (unpaired) electrons. The summed E-state index contributed by atoms with van der Waals surface area (Å²) in [5.74, 6) is -0.602. The molecule has 0 amide bonds. The van der Waals surface area contributed by atoms with Gasteiger partial charge in [0.15, 0.2) is 12.2 Å². The van der Waals surface area contributed by atoms with Crippen LogP contribution in [0.1, 0.15) is 388 Å². The maximum absolute atomic E-state index is 13.1. The molecule has 0 bridgehead atoms. The number of phosphoric acid groups is 2. The molecule has 0 spiro atoms. The zero-order chi connectivity index (χ0) is 72.1. The first-order valence-corrected chi connectivity index (χ1v) is 43.3. The molecule has 19 heteroatoms. The fourth-order valence-corrected chi connectivity index (χ4v) is 13.2. The van der Waals surface area contributed by atoms with E-state index in [1.807, 2.05) is 0 Å². The van der Waals surface area contributed by atoms with E-state index in [2.05, 4.69) is 65.8 Å². The first-order chi connectivity index (χ1) is 47.4. The van der Waals surface area contributed by atoms with Crippen molar-refractivity contribution in [2.45, 2.75) is 407 Å². The summed E-state index contributed by atoms with van der Waals surface area (Å²) < 4.78 is 68.6. The molecule has 0 saturated heterocycles. The van der Waals surface area contributed by atoms with Crippen LogP contribution in [-0.4, -0.2) is 96.7 Å². The Labute approximate surface area is 599 Å². The fourth-order valence-electron chi connectivity index (χ4n) is 11.6. The van der Waals surface area contributed by atoms with Crippen molar-refractivity contribution in [3.05, 3.63) is 24.3 Å². The van der Waals surface area contributed by atoms with Crippen LogP contribution in [0.15, 0.2) is 24.3 Å². The number of hydrogen-bond acceptors (Lipinski definition) is 15. The lowest BCUT2D eigenvalue weighted by molar-refractivity contribution is -0.161. The lowest BCUT2D eigenvalue weighted by Crippen LogP contribution is -2.30. The van der Waals surface area contributed by atoms with E-state index in [-0.39, 0.29) is 25.7 Å². The van der Waals surface area contributed by atoms with Gasteiger partial charge in [-0.05, 0) is 63.2 Å². The van der Waals surface area contributed by atoms with Crippen LogP contribution in [0.5, 0.6) is 0 Å². The molecule has 6 atom stereocenters. The minimum absolute atomic E-state index is 0.101. The van der Waals surface area contributed by atoms with Crippen LogP contribution in [0.25, 0.3) is 0 Å². The van der Waals surface area contributed by atoms with E-state index in [1.165, 1.54) is 186 Å². The second kappa shape index (κ2) is 70.2. The molecule has 3 N–H and O–H groups in total. The Morgan fingerprint density at radius 3 is 0.918 bits per heavy atom. The van der Waals surface area contributed by atoms with E-state index in [0.29, 0.717) is 25.7 Å². The molecule has 0 aliphatic rings. The molecule has 0 rings (SSSR count). The summed E-state index contributed by atoms with van der Waals surface area (Å²) in [6.45, 7) is 9.56. The van der Waals surface area contributed by atoms with Crippen molar-refractivity contribution in [3.63, 3.8) is 0 Å². The number of unbranched alkanes of at least 4 members (excludes halogenated alkanes) is 42. The van der Waals surface area contributed by atoms with Gasteiger partial charge >= 0.3 is 39.5 Å². The highest BCUT2D eigenvalue weighted by Gasteiger charge is 2.30. The smallest absolute Gasteiger partial charge is 0.462 e. The second-order valence-corrected chi connectivity index (χ2v) is 31.4. The molecule has 0 aromatic rings. The lowest BCUT2D eigenvalue weighted by atomic mass is 9.99.